The van der Waals surface area contributed by atoms with Crippen molar-refractivity contribution in [2.75, 3.05) is 0 Å². The van der Waals surface area contributed by atoms with Crippen LogP contribution in [0.1, 0.15) is 16.7 Å². The van der Waals surface area contributed by atoms with Gasteiger partial charge in [0, 0.05) is 6.54 Å². The quantitative estimate of drug-likeness (QED) is 0.685. The molecular weight excluding hydrogens is 349 g/mol. The maximum absolute atomic E-state index is 12.9. The van der Waals surface area contributed by atoms with Crippen LogP contribution < -0.4 is 5.73 Å². The van der Waals surface area contributed by atoms with Crippen LogP contribution in [0.25, 0.3) is 12.2 Å². The highest BCUT2D eigenvalue weighted by atomic mass is 32.2. The van der Waals surface area contributed by atoms with Gasteiger partial charge in [-0.05, 0) is 47.0 Å². The third-order valence-corrected chi connectivity index (χ3v) is 5.88. The first-order chi connectivity index (χ1) is 12.5. The number of hydrogen-bond acceptors (Lipinski definition) is 3. The fourth-order valence-corrected chi connectivity index (χ4v) is 4.09. The van der Waals surface area contributed by atoms with E-state index >= 15 is 0 Å². The Morgan fingerprint density at radius 1 is 0.808 bits per heavy atom. The van der Waals surface area contributed by atoms with Crippen LogP contribution >= 0.6 is 0 Å². The highest BCUT2D eigenvalue weighted by Crippen LogP contribution is 2.24. The summed E-state index contributed by atoms with van der Waals surface area (Å²) in [6, 6.07) is 19.5. The van der Waals surface area contributed by atoms with Gasteiger partial charge >= 0.3 is 0 Å². The summed E-state index contributed by atoms with van der Waals surface area (Å²) in [6.45, 7) is 0.161. The van der Waals surface area contributed by atoms with Crippen molar-refractivity contribution in [2.45, 2.75) is 16.3 Å². The van der Waals surface area contributed by atoms with Crippen molar-refractivity contribution in [3.8, 4) is 0 Å². The zero-order valence-corrected chi connectivity index (χ0v) is 14.8. The molecule has 0 unspecified atom stereocenters. The molecule has 0 atom stereocenters. The Kier molecular flexibility index (Phi) is 5.30. The molecule has 0 amide bonds. The first kappa shape index (κ1) is 18.0. The minimum Gasteiger partial charge on any atom is -0.326 e. The van der Waals surface area contributed by atoms with Gasteiger partial charge in [0.15, 0.2) is 0 Å². The molecule has 3 nitrogen and oxygen atoms in total. The van der Waals surface area contributed by atoms with Crippen LogP contribution in [0.5, 0.6) is 0 Å². The number of sulfone groups is 1. The van der Waals surface area contributed by atoms with Crippen molar-refractivity contribution >= 4 is 22.0 Å². The number of nitrogens with two attached hydrogens (primary N) is 1. The minimum atomic E-state index is -3.62. The molecule has 0 fully saturated rings. The Morgan fingerprint density at radius 3 is 1.92 bits per heavy atom. The van der Waals surface area contributed by atoms with Crippen LogP contribution in [0.4, 0.5) is 4.39 Å². The van der Waals surface area contributed by atoms with Crippen LogP contribution in [0.2, 0.25) is 0 Å². The van der Waals surface area contributed by atoms with E-state index in [1.54, 1.807) is 60.7 Å². The standard InChI is InChI=1S/C21H18FNO2S/c22-19-11-7-16(8-12-19)5-6-17-9-13-20(14-10-17)26(24,25)21-4-2-1-3-18(21)15-23/h1-14H,15,23H2/b6-5+. The summed E-state index contributed by atoms with van der Waals surface area (Å²) in [5, 5.41) is 0. The summed E-state index contributed by atoms with van der Waals surface area (Å²) < 4.78 is 38.6. The van der Waals surface area contributed by atoms with Crippen molar-refractivity contribution in [2.24, 2.45) is 5.73 Å². The van der Waals surface area contributed by atoms with Gasteiger partial charge in [-0.15, -0.1) is 0 Å². The van der Waals surface area contributed by atoms with Gasteiger partial charge in [0.05, 0.1) is 9.79 Å². The number of benzene rings is 3. The SMILES string of the molecule is NCc1ccccc1S(=O)(=O)c1ccc(/C=C/c2ccc(F)cc2)cc1. The fraction of sp³-hybridized carbons (Fsp3) is 0.0476. The highest BCUT2D eigenvalue weighted by Gasteiger charge is 2.20. The summed E-state index contributed by atoms with van der Waals surface area (Å²) >= 11 is 0. The van der Waals surface area contributed by atoms with Crippen LogP contribution in [0.15, 0.2) is 82.6 Å². The zero-order chi connectivity index (χ0) is 18.6. The molecule has 2 N–H and O–H groups in total. The second kappa shape index (κ2) is 7.64. The molecule has 0 aliphatic carbocycles. The molecule has 26 heavy (non-hydrogen) atoms. The van der Waals surface area contributed by atoms with Gasteiger partial charge in [-0.3, -0.25) is 0 Å². The van der Waals surface area contributed by atoms with E-state index in [0.717, 1.165) is 11.1 Å². The van der Waals surface area contributed by atoms with Gasteiger partial charge < -0.3 is 5.73 Å². The molecule has 0 spiro atoms. The fourth-order valence-electron chi connectivity index (χ4n) is 2.59. The topological polar surface area (TPSA) is 60.2 Å². The molecular formula is C21H18FNO2S. The Morgan fingerprint density at radius 2 is 1.35 bits per heavy atom. The molecule has 3 aromatic carbocycles. The van der Waals surface area contributed by atoms with E-state index in [9.17, 15) is 12.8 Å². The summed E-state index contributed by atoms with van der Waals surface area (Å²) in [5.41, 5.74) is 7.96. The maximum atomic E-state index is 12.9. The summed E-state index contributed by atoms with van der Waals surface area (Å²) in [4.78, 5) is 0.453. The molecule has 0 radical (unpaired) electrons. The molecule has 3 aromatic rings. The van der Waals surface area contributed by atoms with Crippen LogP contribution in [0.3, 0.4) is 0 Å². The van der Waals surface area contributed by atoms with Gasteiger partial charge in [0.1, 0.15) is 5.82 Å². The summed E-state index contributed by atoms with van der Waals surface area (Å²) in [6.07, 6.45) is 3.68. The van der Waals surface area contributed by atoms with Gasteiger partial charge in [-0.2, -0.15) is 0 Å². The third-order valence-electron chi connectivity index (χ3n) is 4.01. The molecule has 0 aromatic heterocycles. The predicted molar refractivity (Wildman–Crippen MR) is 102 cm³/mol. The highest BCUT2D eigenvalue weighted by molar-refractivity contribution is 7.91. The van der Waals surface area contributed by atoms with E-state index in [1.165, 1.54) is 12.1 Å². The average molecular weight is 367 g/mol. The van der Waals surface area contributed by atoms with Crippen molar-refractivity contribution in [1.29, 1.82) is 0 Å². The summed E-state index contributed by atoms with van der Waals surface area (Å²) in [7, 11) is -3.62. The molecule has 0 bridgehead atoms. The first-order valence-electron chi connectivity index (χ1n) is 8.07. The minimum absolute atomic E-state index is 0.161. The van der Waals surface area contributed by atoms with Gasteiger partial charge in [-0.25, -0.2) is 12.8 Å². The lowest BCUT2D eigenvalue weighted by molar-refractivity contribution is 0.595. The van der Waals surface area contributed by atoms with E-state index < -0.39 is 9.84 Å². The monoisotopic (exact) mass is 367 g/mol. The second-order valence-corrected chi connectivity index (χ2v) is 7.69. The van der Waals surface area contributed by atoms with E-state index in [0.29, 0.717) is 5.56 Å². The first-order valence-corrected chi connectivity index (χ1v) is 9.56. The molecule has 132 valence electrons. The Labute approximate surface area is 152 Å². The van der Waals surface area contributed by atoms with Crippen molar-refractivity contribution in [1.82, 2.24) is 0 Å². The lowest BCUT2D eigenvalue weighted by Gasteiger charge is -2.09. The molecule has 0 heterocycles. The van der Waals surface area contributed by atoms with Crippen LogP contribution in [-0.2, 0) is 16.4 Å². The predicted octanol–water partition coefficient (Wildman–Crippen LogP) is 4.29. The molecule has 5 heteroatoms. The average Bonchev–Trinajstić information content (AvgIpc) is 2.68. The third kappa shape index (κ3) is 3.90. The maximum Gasteiger partial charge on any atom is 0.206 e. The Balaban J connectivity index is 1.86. The van der Waals surface area contributed by atoms with Gasteiger partial charge in [0.2, 0.25) is 9.84 Å². The number of halogens is 1. The van der Waals surface area contributed by atoms with E-state index in [2.05, 4.69) is 0 Å². The van der Waals surface area contributed by atoms with Crippen LogP contribution in [0, 0.1) is 5.82 Å². The smallest absolute Gasteiger partial charge is 0.206 e. The number of hydrogen-bond donors (Lipinski definition) is 1. The van der Waals surface area contributed by atoms with Gasteiger partial charge in [-0.1, -0.05) is 54.6 Å². The zero-order valence-electron chi connectivity index (χ0n) is 14.0. The second-order valence-electron chi connectivity index (χ2n) is 5.77. The van der Waals surface area contributed by atoms with E-state index in [-0.39, 0.29) is 22.2 Å². The van der Waals surface area contributed by atoms with Crippen molar-refractivity contribution in [3.05, 3.63) is 95.3 Å². The molecule has 0 saturated carbocycles. The van der Waals surface area contributed by atoms with Crippen molar-refractivity contribution < 1.29 is 12.8 Å². The summed E-state index contributed by atoms with van der Waals surface area (Å²) in [5.74, 6) is -0.283. The Hall–Kier alpha value is -2.76. The molecule has 0 aliphatic rings. The van der Waals surface area contributed by atoms with E-state index in [4.69, 9.17) is 5.73 Å². The van der Waals surface area contributed by atoms with E-state index in [1.807, 2.05) is 12.2 Å². The lowest BCUT2D eigenvalue weighted by Crippen LogP contribution is -2.08. The number of rotatable bonds is 5. The largest absolute Gasteiger partial charge is 0.326 e. The molecule has 0 aliphatic heterocycles. The lowest BCUT2D eigenvalue weighted by atomic mass is 10.1. The molecule has 0 saturated heterocycles. The Bertz CT molecular complexity index is 1020. The van der Waals surface area contributed by atoms with Crippen LogP contribution in [-0.4, -0.2) is 8.42 Å². The molecule has 3 rings (SSSR count). The van der Waals surface area contributed by atoms with Crippen molar-refractivity contribution in [3.63, 3.8) is 0 Å². The normalized spacial score (nSPS) is 11.8. The van der Waals surface area contributed by atoms with Gasteiger partial charge in [0.25, 0.3) is 0 Å².